The van der Waals surface area contributed by atoms with Crippen molar-refractivity contribution >= 4 is 0 Å². The lowest BCUT2D eigenvalue weighted by atomic mass is 10.1. The maximum Gasteiger partial charge on any atom is 0.118 e. The minimum atomic E-state index is 0.629. The highest BCUT2D eigenvalue weighted by molar-refractivity contribution is 5.26. The summed E-state index contributed by atoms with van der Waals surface area (Å²) in [5, 5.41) is 3.54. The number of rotatable bonds is 10. The van der Waals surface area contributed by atoms with E-state index < -0.39 is 0 Å². The minimum Gasteiger partial charge on any atom is -0.497 e. The van der Waals surface area contributed by atoms with Gasteiger partial charge in [0.25, 0.3) is 0 Å². The Labute approximate surface area is 124 Å². The largest absolute Gasteiger partial charge is 0.497 e. The van der Waals surface area contributed by atoms with Crippen LogP contribution in [0.5, 0.6) is 5.75 Å². The lowest BCUT2D eigenvalue weighted by Crippen LogP contribution is -2.28. The van der Waals surface area contributed by atoms with Gasteiger partial charge in [0.05, 0.1) is 7.11 Å². The van der Waals surface area contributed by atoms with Crippen molar-refractivity contribution in [2.45, 2.75) is 45.7 Å². The Kier molecular flexibility index (Phi) is 8.31. The molecule has 0 aromatic heterocycles. The predicted molar refractivity (Wildman–Crippen MR) is 86.3 cm³/mol. The standard InChI is InChI=1S/C17H30N2O/c1-5-12-18-15(2)7-6-13-19(3)14-16-8-10-17(20-4)11-9-16/h8-11,15,18H,5-7,12-14H2,1-4H3. The van der Waals surface area contributed by atoms with Gasteiger partial charge in [0.2, 0.25) is 0 Å². The molecule has 1 aromatic carbocycles. The number of benzene rings is 1. The molecule has 1 aromatic rings. The van der Waals surface area contributed by atoms with Crippen molar-refractivity contribution in [2.24, 2.45) is 0 Å². The van der Waals surface area contributed by atoms with E-state index in [9.17, 15) is 0 Å². The predicted octanol–water partition coefficient (Wildman–Crippen LogP) is 3.30. The molecule has 0 saturated carbocycles. The minimum absolute atomic E-state index is 0.629. The highest BCUT2D eigenvalue weighted by Crippen LogP contribution is 2.12. The molecular formula is C17H30N2O. The fraction of sp³-hybridized carbons (Fsp3) is 0.647. The lowest BCUT2D eigenvalue weighted by Gasteiger charge is -2.19. The Hall–Kier alpha value is -1.06. The number of methoxy groups -OCH3 is 1. The van der Waals surface area contributed by atoms with Gasteiger partial charge in [-0.1, -0.05) is 19.1 Å². The third-order valence-corrected chi connectivity index (χ3v) is 3.53. The summed E-state index contributed by atoms with van der Waals surface area (Å²) in [6.45, 7) is 7.76. The van der Waals surface area contributed by atoms with E-state index in [1.54, 1.807) is 7.11 Å². The first-order chi connectivity index (χ1) is 9.65. The zero-order chi connectivity index (χ0) is 14.8. The fourth-order valence-corrected chi connectivity index (χ4v) is 2.28. The van der Waals surface area contributed by atoms with Gasteiger partial charge in [-0.25, -0.2) is 0 Å². The van der Waals surface area contributed by atoms with Crippen LogP contribution in [-0.2, 0) is 6.54 Å². The van der Waals surface area contributed by atoms with Crippen LogP contribution in [0.2, 0.25) is 0 Å². The SMILES string of the molecule is CCCNC(C)CCCN(C)Cc1ccc(OC)cc1. The average molecular weight is 278 g/mol. The van der Waals surface area contributed by atoms with Crippen molar-refractivity contribution in [1.82, 2.24) is 10.2 Å². The first-order valence-corrected chi connectivity index (χ1v) is 7.70. The number of nitrogens with one attached hydrogen (secondary N) is 1. The van der Waals surface area contributed by atoms with Gasteiger partial charge in [-0.3, -0.25) is 0 Å². The maximum absolute atomic E-state index is 5.18. The normalized spacial score (nSPS) is 12.7. The van der Waals surface area contributed by atoms with Gasteiger partial charge in [0.1, 0.15) is 5.75 Å². The van der Waals surface area contributed by atoms with Crippen LogP contribution in [0.3, 0.4) is 0 Å². The number of hydrogen-bond acceptors (Lipinski definition) is 3. The van der Waals surface area contributed by atoms with E-state index in [-0.39, 0.29) is 0 Å². The van der Waals surface area contributed by atoms with Crippen molar-refractivity contribution in [2.75, 3.05) is 27.2 Å². The summed E-state index contributed by atoms with van der Waals surface area (Å²) in [7, 11) is 3.89. The van der Waals surface area contributed by atoms with E-state index in [0.29, 0.717) is 6.04 Å². The smallest absolute Gasteiger partial charge is 0.118 e. The van der Waals surface area contributed by atoms with Gasteiger partial charge in [0.15, 0.2) is 0 Å². The molecule has 0 fully saturated rings. The number of ether oxygens (including phenoxy) is 1. The summed E-state index contributed by atoms with van der Waals surface area (Å²) in [5.41, 5.74) is 1.34. The molecule has 3 nitrogen and oxygen atoms in total. The molecule has 20 heavy (non-hydrogen) atoms. The molecule has 1 N–H and O–H groups in total. The molecule has 0 radical (unpaired) electrons. The topological polar surface area (TPSA) is 24.5 Å². The molecule has 0 aliphatic carbocycles. The van der Waals surface area contributed by atoms with Gasteiger partial charge in [0, 0.05) is 12.6 Å². The van der Waals surface area contributed by atoms with E-state index in [2.05, 4.69) is 43.2 Å². The zero-order valence-corrected chi connectivity index (χ0v) is 13.5. The van der Waals surface area contributed by atoms with Crippen LogP contribution in [0.1, 0.15) is 38.7 Å². The van der Waals surface area contributed by atoms with Gasteiger partial charge in [-0.05, 0) is 64.0 Å². The number of hydrogen-bond donors (Lipinski definition) is 1. The third-order valence-electron chi connectivity index (χ3n) is 3.53. The molecule has 1 rings (SSSR count). The molecule has 0 amide bonds. The van der Waals surface area contributed by atoms with Crippen LogP contribution in [0.4, 0.5) is 0 Å². The van der Waals surface area contributed by atoms with Crippen LogP contribution >= 0.6 is 0 Å². The molecule has 0 saturated heterocycles. The summed E-state index contributed by atoms with van der Waals surface area (Å²) >= 11 is 0. The highest BCUT2D eigenvalue weighted by Gasteiger charge is 2.04. The molecule has 0 heterocycles. The summed E-state index contributed by atoms with van der Waals surface area (Å²) in [6, 6.07) is 8.96. The highest BCUT2D eigenvalue weighted by atomic mass is 16.5. The monoisotopic (exact) mass is 278 g/mol. The van der Waals surface area contributed by atoms with Gasteiger partial charge >= 0.3 is 0 Å². The van der Waals surface area contributed by atoms with Crippen molar-refractivity contribution in [3.8, 4) is 5.75 Å². The van der Waals surface area contributed by atoms with Gasteiger partial charge < -0.3 is 15.0 Å². The summed E-state index contributed by atoms with van der Waals surface area (Å²) in [5.74, 6) is 0.923. The quantitative estimate of drug-likeness (QED) is 0.711. The van der Waals surface area contributed by atoms with Gasteiger partial charge in [-0.2, -0.15) is 0 Å². The molecule has 0 aliphatic heterocycles. The average Bonchev–Trinajstić information content (AvgIpc) is 2.46. The van der Waals surface area contributed by atoms with Crippen LogP contribution in [0.25, 0.3) is 0 Å². The Bertz CT molecular complexity index is 351. The second-order valence-corrected chi connectivity index (χ2v) is 5.58. The Morgan fingerprint density at radius 3 is 2.55 bits per heavy atom. The Morgan fingerprint density at radius 2 is 1.95 bits per heavy atom. The molecule has 0 spiro atoms. The zero-order valence-electron chi connectivity index (χ0n) is 13.5. The second-order valence-electron chi connectivity index (χ2n) is 5.58. The first-order valence-electron chi connectivity index (χ1n) is 7.70. The van der Waals surface area contributed by atoms with E-state index in [0.717, 1.165) is 25.4 Å². The fourth-order valence-electron chi connectivity index (χ4n) is 2.28. The van der Waals surface area contributed by atoms with E-state index in [1.807, 2.05) is 12.1 Å². The molecule has 114 valence electrons. The summed E-state index contributed by atoms with van der Waals surface area (Å²) in [6.07, 6.45) is 3.69. The molecule has 3 heteroatoms. The van der Waals surface area contributed by atoms with Crippen LogP contribution in [0, 0.1) is 0 Å². The Balaban J connectivity index is 2.20. The molecule has 1 unspecified atom stereocenters. The molecule has 0 aliphatic rings. The molecule has 0 bridgehead atoms. The first kappa shape index (κ1) is 17.0. The van der Waals surface area contributed by atoms with E-state index in [4.69, 9.17) is 4.74 Å². The third kappa shape index (κ3) is 6.92. The van der Waals surface area contributed by atoms with E-state index in [1.165, 1.54) is 24.8 Å². The van der Waals surface area contributed by atoms with Gasteiger partial charge in [-0.15, -0.1) is 0 Å². The molecule has 1 atom stereocenters. The molecular weight excluding hydrogens is 248 g/mol. The van der Waals surface area contributed by atoms with Crippen molar-refractivity contribution in [3.05, 3.63) is 29.8 Å². The Morgan fingerprint density at radius 1 is 1.25 bits per heavy atom. The van der Waals surface area contributed by atoms with Crippen molar-refractivity contribution in [3.63, 3.8) is 0 Å². The van der Waals surface area contributed by atoms with Crippen LogP contribution in [-0.4, -0.2) is 38.2 Å². The summed E-state index contributed by atoms with van der Waals surface area (Å²) < 4.78 is 5.18. The maximum atomic E-state index is 5.18. The van der Waals surface area contributed by atoms with Crippen LogP contribution in [0.15, 0.2) is 24.3 Å². The van der Waals surface area contributed by atoms with Crippen molar-refractivity contribution in [1.29, 1.82) is 0 Å². The second kappa shape index (κ2) is 9.78. The lowest BCUT2D eigenvalue weighted by molar-refractivity contribution is 0.310. The number of nitrogens with zero attached hydrogens (tertiary/aromatic N) is 1. The summed E-state index contributed by atoms with van der Waals surface area (Å²) in [4.78, 5) is 2.38. The van der Waals surface area contributed by atoms with E-state index >= 15 is 0 Å². The van der Waals surface area contributed by atoms with Crippen molar-refractivity contribution < 1.29 is 4.74 Å². The van der Waals surface area contributed by atoms with Crippen LogP contribution < -0.4 is 10.1 Å².